The molecule has 0 aromatic heterocycles. The molecule has 1 heterocycles. The van der Waals surface area contributed by atoms with Crippen LogP contribution < -0.4 is 0 Å². The van der Waals surface area contributed by atoms with Gasteiger partial charge < -0.3 is 0 Å². The summed E-state index contributed by atoms with van der Waals surface area (Å²) in [6.45, 7) is 2.29. The van der Waals surface area contributed by atoms with Gasteiger partial charge in [-0.25, -0.2) is 0 Å². The molecule has 0 nitrogen and oxygen atoms in total. The van der Waals surface area contributed by atoms with Gasteiger partial charge in [0.15, 0.2) is 0 Å². The zero-order chi connectivity index (χ0) is 8.39. The summed E-state index contributed by atoms with van der Waals surface area (Å²) in [6, 6.07) is 10.9. The van der Waals surface area contributed by atoms with E-state index < -0.39 is 0 Å². The Balaban J connectivity index is 2.11. The molecular weight excluding hydrogens is 164 g/mol. The van der Waals surface area contributed by atoms with Crippen molar-refractivity contribution in [2.75, 3.05) is 5.75 Å². The fourth-order valence-electron chi connectivity index (χ4n) is 1.67. The van der Waals surface area contributed by atoms with Crippen molar-refractivity contribution in [3.8, 4) is 0 Å². The molecule has 0 saturated carbocycles. The van der Waals surface area contributed by atoms with Gasteiger partial charge in [0.2, 0.25) is 0 Å². The van der Waals surface area contributed by atoms with E-state index in [-0.39, 0.29) is 0 Å². The molecular formula is C11H14S. The molecule has 0 unspecified atom stereocenters. The first kappa shape index (κ1) is 8.18. The van der Waals surface area contributed by atoms with Crippen molar-refractivity contribution in [2.45, 2.75) is 18.6 Å². The lowest BCUT2D eigenvalue weighted by Gasteiger charge is -2.35. The topological polar surface area (TPSA) is 0 Å². The minimum Gasteiger partial charge on any atom is -0.153 e. The third kappa shape index (κ3) is 1.38. The van der Waals surface area contributed by atoms with Crippen LogP contribution in [0.2, 0.25) is 0 Å². The van der Waals surface area contributed by atoms with Crippen molar-refractivity contribution in [1.29, 1.82) is 0 Å². The van der Waals surface area contributed by atoms with Gasteiger partial charge in [-0.05, 0) is 17.2 Å². The second-order valence-corrected chi connectivity index (χ2v) is 4.51. The molecule has 0 aliphatic carbocycles. The number of benzene rings is 1. The predicted octanol–water partition coefficient (Wildman–Crippen LogP) is 3.50. The predicted molar refractivity (Wildman–Crippen MR) is 55.4 cm³/mol. The molecule has 0 radical (unpaired) electrons. The highest BCUT2D eigenvalue weighted by molar-refractivity contribution is 8.00. The molecule has 2 atom stereocenters. The lowest BCUT2D eigenvalue weighted by atomic mass is 9.97. The number of rotatable bonds is 2. The summed E-state index contributed by atoms with van der Waals surface area (Å²) in [6.07, 6.45) is 1.33. The van der Waals surface area contributed by atoms with Gasteiger partial charge in [0, 0.05) is 5.25 Å². The molecule has 1 fully saturated rings. The largest absolute Gasteiger partial charge is 0.153 e. The minimum absolute atomic E-state index is 0.788. The van der Waals surface area contributed by atoms with Gasteiger partial charge in [-0.2, -0.15) is 11.8 Å². The van der Waals surface area contributed by atoms with E-state index in [1.807, 2.05) is 0 Å². The zero-order valence-corrected chi connectivity index (χ0v) is 8.18. The first-order chi connectivity index (χ1) is 5.92. The van der Waals surface area contributed by atoms with Crippen LogP contribution in [0.4, 0.5) is 0 Å². The summed E-state index contributed by atoms with van der Waals surface area (Å²) in [5.41, 5.74) is 1.51. The Bertz CT molecular complexity index is 240. The lowest BCUT2D eigenvalue weighted by molar-refractivity contribution is 0.522. The van der Waals surface area contributed by atoms with Crippen LogP contribution in [0.25, 0.3) is 0 Å². The molecule has 1 saturated heterocycles. The first-order valence-electron chi connectivity index (χ1n) is 4.58. The van der Waals surface area contributed by atoms with Gasteiger partial charge in [-0.15, -0.1) is 0 Å². The van der Waals surface area contributed by atoms with E-state index in [4.69, 9.17) is 0 Å². The third-order valence-electron chi connectivity index (χ3n) is 2.57. The average Bonchev–Trinajstić information content (AvgIpc) is 2.05. The van der Waals surface area contributed by atoms with Crippen molar-refractivity contribution in [1.82, 2.24) is 0 Å². The maximum Gasteiger partial charge on any atom is 0.0333 e. The Kier molecular flexibility index (Phi) is 2.40. The van der Waals surface area contributed by atoms with Crippen molar-refractivity contribution in [3.05, 3.63) is 35.9 Å². The molecule has 0 amide bonds. The Morgan fingerprint density at radius 3 is 2.58 bits per heavy atom. The summed E-state index contributed by atoms with van der Waals surface area (Å²) in [5, 5.41) is 0.788. The molecule has 0 N–H and O–H groups in total. The highest BCUT2D eigenvalue weighted by Gasteiger charge is 2.30. The second kappa shape index (κ2) is 3.53. The standard InChI is InChI=1S/C11H14S/c1-2-9-8-12-11(9)10-6-4-3-5-7-10/h3-7,9,11H,2,8H2,1H3/t9-,11-/m1/s1. The molecule has 1 aliphatic heterocycles. The maximum absolute atomic E-state index is 2.29. The third-order valence-corrected chi connectivity index (χ3v) is 4.21. The van der Waals surface area contributed by atoms with Crippen LogP contribution in [-0.2, 0) is 0 Å². The lowest BCUT2D eigenvalue weighted by Crippen LogP contribution is -2.22. The number of thioether (sulfide) groups is 1. The zero-order valence-electron chi connectivity index (χ0n) is 7.36. The molecule has 0 bridgehead atoms. The molecule has 0 spiro atoms. The molecule has 12 heavy (non-hydrogen) atoms. The number of hydrogen-bond donors (Lipinski definition) is 0. The Morgan fingerprint density at radius 2 is 2.08 bits per heavy atom. The fourth-order valence-corrected chi connectivity index (χ4v) is 3.11. The SMILES string of the molecule is CC[C@@H]1CS[C@H]1c1ccccc1. The summed E-state index contributed by atoms with van der Waals surface area (Å²) in [5.74, 6) is 2.29. The fraction of sp³-hybridized carbons (Fsp3) is 0.455. The van der Waals surface area contributed by atoms with E-state index in [0.29, 0.717) is 0 Å². The number of hydrogen-bond acceptors (Lipinski definition) is 1. The summed E-state index contributed by atoms with van der Waals surface area (Å²) < 4.78 is 0. The normalized spacial score (nSPS) is 28.1. The highest BCUT2D eigenvalue weighted by atomic mass is 32.2. The van der Waals surface area contributed by atoms with Crippen LogP contribution in [0.15, 0.2) is 30.3 Å². The van der Waals surface area contributed by atoms with Gasteiger partial charge in [-0.3, -0.25) is 0 Å². The van der Waals surface area contributed by atoms with E-state index in [1.54, 1.807) is 0 Å². The quantitative estimate of drug-likeness (QED) is 0.668. The molecule has 2 rings (SSSR count). The summed E-state index contributed by atoms with van der Waals surface area (Å²) >= 11 is 2.09. The van der Waals surface area contributed by atoms with Gasteiger partial charge in [0.25, 0.3) is 0 Å². The summed E-state index contributed by atoms with van der Waals surface area (Å²) in [7, 11) is 0. The van der Waals surface area contributed by atoms with Crippen LogP contribution in [-0.4, -0.2) is 5.75 Å². The van der Waals surface area contributed by atoms with E-state index in [1.165, 1.54) is 17.7 Å². The van der Waals surface area contributed by atoms with Crippen LogP contribution >= 0.6 is 11.8 Å². The molecule has 64 valence electrons. The van der Waals surface area contributed by atoms with Crippen LogP contribution in [0.3, 0.4) is 0 Å². The van der Waals surface area contributed by atoms with E-state index in [2.05, 4.69) is 49.0 Å². The van der Waals surface area contributed by atoms with Crippen molar-refractivity contribution in [2.24, 2.45) is 5.92 Å². The Morgan fingerprint density at radius 1 is 1.33 bits per heavy atom. The maximum atomic E-state index is 2.29. The van der Waals surface area contributed by atoms with Gasteiger partial charge in [0.05, 0.1) is 0 Å². The van der Waals surface area contributed by atoms with E-state index >= 15 is 0 Å². The van der Waals surface area contributed by atoms with Crippen molar-refractivity contribution >= 4 is 11.8 Å². The average molecular weight is 178 g/mol. The Labute approximate surface area is 78.4 Å². The monoisotopic (exact) mass is 178 g/mol. The van der Waals surface area contributed by atoms with Gasteiger partial charge in [-0.1, -0.05) is 43.7 Å². The van der Waals surface area contributed by atoms with Crippen molar-refractivity contribution in [3.63, 3.8) is 0 Å². The first-order valence-corrected chi connectivity index (χ1v) is 5.63. The smallest absolute Gasteiger partial charge is 0.0333 e. The second-order valence-electron chi connectivity index (χ2n) is 3.33. The van der Waals surface area contributed by atoms with Crippen LogP contribution in [0.1, 0.15) is 24.2 Å². The molecule has 1 heteroatoms. The van der Waals surface area contributed by atoms with E-state index in [0.717, 1.165) is 11.2 Å². The molecule has 1 aliphatic rings. The van der Waals surface area contributed by atoms with Crippen LogP contribution in [0, 0.1) is 5.92 Å². The molecule has 1 aromatic carbocycles. The summed E-state index contributed by atoms with van der Waals surface area (Å²) in [4.78, 5) is 0. The highest BCUT2D eigenvalue weighted by Crippen LogP contribution is 2.48. The van der Waals surface area contributed by atoms with Gasteiger partial charge >= 0.3 is 0 Å². The molecule has 1 aromatic rings. The van der Waals surface area contributed by atoms with Crippen molar-refractivity contribution < 1.29 is 0 Å². The van der Waals surface area contributed by atoms with Gasteiger partial charge in [0.1, 0.15) is 0 Å². The Hall–Kier alpha value is -0.430. The van der Waals surface area contributed by atoms with E-state index in [9.17, 15) is 0 Å². The van der Waals surface area contributed by atoms with Crippen LogP contribution in [0.5, 0.6) is 0 Å². The minimum atomic E-state index is 0.788.